The minimum atomic E-state index is -0.460. The van der Waals surface area contributed by atoms with E-state index >= 15 is 0 Å². The van der Waals surface area contributed by atoms with Gasteiger partial charge >= 0.3 is 5.97 Å². The highest BCUT2D eigenvalue weighted by Gasteiger charge is 2.14. The van der Waals surface area contributed by atoms with E-state index in [-0.39, 0.29) is 0 Å². The van der Waals surface area contributed by atoms with Crippen LogP contribution in [-0.2, 0) is 0 Å². The molecule has 0 fully saturated rings. The zero-order valence-electron chi connectivity index (χ0n) is 18.6. The zero-order chi connectivity index (χ0) is 23.9. The molecule has 3 aromatic carbocycles. The van der Waals surface area contributed by atoms with E-state index in [1.807, 2.05) is 50.2 Å². The van der Waals surface area contributed by atoms with Crippen molar-refractivity contribution in [3.63, 3.8) is 0 Å². The van der Waals surface area contributed by atoms with Crippen LogP contribution in [0.4, 0.5) is 5.13 Å². The minimum Gasteiger partial charge on any atom is -0.490 e. The average molecular weight is 536 g/mol. The van der Waals surface area contributed by atoms with Crippen LogP contribution in [-0.4, -0.2) is 23.8 Å². The number of carbonyl (C=O) groups excluding carboxylic acids is 1. The number of thiazole rings is 1. The summed E-state index contributed by atoms with van der Waals surface area (Å²) in [4.78, 5) is 18.3. The van der Waals surface area contributed by atoms with Crippen molar-refractivity contribution in [3.05, 3.63) is 93.3 Å². The Hall–Kier alpha value is -3.49. The molecule has 34 heavy (non-hydrogen) atoms. The van der Waals surface area contributed by atoms with Crippen LogP contribution in [0, 0.1) is 6.92 Å². The summed E-state index contributed by atoms with van der Waals surface area (Å²) in [6, 6.07) is 22.4. The van der Waals surface area contributed by atoms with Crippen molar-refractivity contribution < 1.29 is 14.3 Å². The molecule has 0 spiro atoms. The van der Waals surface area contributed by atoms with E-state index in [9.17, 15) is 4.79 Å². The molecule has 4 rings (SSSR count). The third kappa shape index (κ3) is 5.89. The predicted molar refractivity (Wildman–Crippen MR) is 140 cm³/mol. The van der Waals surface area contributed by atoms with E-state index in [0.717, 1.165) is 26.2 Å². The van der Waals surface area contributed by atoms with Gasteiger partial charge in [0, 0.05) is 14.9 Å². The highest BCUT2D eigenvalue weighted by molar-refractivity contribution is 9.10. The van der Waals surface area contributed by atoms with Gasteiger partial charge in [-0.25, -0.2) is 9.78 Å². The summed E-state index contributed by atoms with van der Waals surface area (Å²) < 4.78 is 12.1. The number of rotatable bonds is 8. The molecular formula is C26H22BrN3O3S. The molecule has 6 nitrogen and oxygen atoms in total. The standard InChI is InChI=1S/C26H22BrN3O3S/c1-3-32-23-14-18(12-13-22(23)33-25(31)20-10-7-11-21(27)15-20)16-28-30-26-29-24(17(2)34-26)19-8-5-4-6-9-19/h4-16H,3H2,1-2H3,(H,29,30)/b28-16-. The Morgan fingerprint density at radius 2 is 1.91 bits per heavy atom. The fraction of sp³-hybridized carbons (Fsp3) is 0.115. The lowest BCUT2D eigenvalue weighted by molar-refractivity contribution is 0.0728. The summed E-state index contributed by atoms with van der Waals surface area (Å²) in [5.74, 6) is 0.352. The number of esters is 1. The predicted octanol–water partition coefficient (Wildman–Crippen LogP) is 6.94. The monoisotopic (exact) mass is 535 g/mol. The van der Waals surface area contributed by atoms with E-state index < -0.39 is 5.97 Å². The number of carbonyl (C=O) groups is 1. The molecule has 0 bridgehead atoms. The molecule has 0 amide bonds. The highest BCUT2D eigenvalue weighted by Crippen LogP contribution is 2.31. The Kier molecular flexibility index (Phi) is 7.72. The Balaban J connectivity index is 1.46. The molecule has 0 aliphatic rings. The molecule has 0 atom stereocenters. The minimum absolute atomic E-state index is 0.347. The molecule has 1 heterocycles. The van der Waals surface area contributed by atoms with Crippen molar-refractivity contribution in [1.29, 1.82) is 0 Å². The number of hydrazone groups is 1. The van der Waals surface area contributed by atoms with Gasteiger partial charge in [0.15, 0.2) is 11.5 Å². The molecule has 1 aromatic heterocycles. The first-order chi connectivity index (χ1) is 16.5. The molecule has 0 radical (unpaired) electrons. The normalized spacial score (nSPS) is 10.9. The molecule has 0 aliphatic carbocycles. The van der Waals surface area contributed by atoms with E-state index in [2.05, 4.69) is 31.4 Å². The first-order valence-corrected chi connectivity index (χ1v) is 12.2. The number of hydrogen-bond acceptors (Lipinski definition) is 7. The van der Waals surface area contributed by atoms with E-state index in [4.69, 9.17) is 9.47 Å². The van der Waals surface area contributed by atoms with Crippen molar-refractivity contribution >= 4 is 44.6 Å². The number of aromatic nitrogens is 1. The van der Waals surface area contributed by atoms with Crippen LogP contribution in [0.25, 0.3) is 11.3 Å². The molecule has 0 saturated carbocycles. The number of halogens is 1. The number of nitrogens with zero attached hydrogens (tertiary/aromatic N) is 2. The lowest BCUT2D eigenvalue weighted by atomic mass is 10.1. The molecule has 1 N–H and O–H groups in total. The molecule has 4 aromatic rings. The third-order valence-corrected chi connectivity index (χ3v) is 6.12. The van der Waals surface area contributed by atoms with E-state index in [1.54, 1.807) is 53.9 Å². The van der Waals surface area contributed by atoms with Gasteiger partial charge in [-0.2, -0.15) is 5.10 Å². The van der Waals surface area contributed by atoms with Gasteiger partial charge in [-0.1, -0.05) is 52.3 Å². The number of nitrogens with one attached hydrogen (secondary N) is 1. The van der Waals surface area contributed by atoms with Crippen LogP contribution in [0.3, 0.4) is 0 Å². The van der Waals surface area contributed by atoms with Crippen molar-refractivity contribution in [2.24, 2.45) is 5.10 Å². The van der Waals surface area contributed by atoms with Gasteiger partial charge in [0.05, 0.1) is 24.1 Å². The highest BCUT2D eigenvalue weighted by atomic mass is 79.9. The Bertz CT molecular complexity index is 1320. The summed E-state index contributed by atoms with van der Waals surface area (Å²) in [6.45, 7) is 4.34. The first kappa shape index (κ1) is 23.7. The smallest absolute Gasteiger partial charge is 0.343 e. The number of benzene rings is 3. The summed E-state index contributed by atoms with van der Waals surface area (Å²) >= 11 is 4.91. The molecule has 0 saturated heterocycles. The average Bonchev–Trinajstić information content (AvgIpc) is 3.21. The number of anilines is 1. The summed E-state index contributed by atoms with van der Waals surface area (Å²) in [6.07, 6.45) is 1.67. The first-order valence-electron chi connectivity index (χ1n) is 10.6. The third-order valence-electron chi connectivity index (χ3n) is 4.75. The topological polar surface area (TPSA) is 72.8 Å². The molecule has 8 heteroatoms. The molecule has 0 unspecified atom stereocenters. The lowest BCUT2D eigenvalue weighted by Crippen LogP contribution is -2.09. The molecular weight excluding hydrogens is 514 g/mol. The van der Waals surface area contributed by atoms with Crippen LogP contribution in [0.2, 0.25) is 0 Å². The molecule has 172 valence electrons. The lowest BCUT2D eigenvalue weighted by Gasteiger charge is -2.11. The largest absolute Gasteiger partial charge is 0.490 e. The van der Waals surface area contributed by atoms with Crippen LogP contribution in [0.5, 0.6) is 11.5 Å². The number of ether oxygens (including phenoxy) is 2. The number of aryl methyl sites for hydroxylation is 1. The van der Waals surface area contributed by atoms with Gasteiger partial charge in [0.1, 0.15) is 0 Å². The van der Waals surface area contributed by atoms with Crippen LogP contribution in [0.15, 0.2) is 82.4 Å². The van der Waals surface area contributed by atoms with Gasteiger partial charge in [-0.05, 0) is 55.8 Å². The van der Waals surface area contributed by atoms with Gasteiger partial charge in [-0.15, -0.1) is 11.3 Å². The second-order valence-electron chi connectivity index (χ2n) is 7.20. The zero-order valence-corrected chi connectivity index (χ0v) is 21.0. The second kappa shape index (κ2) is 11.1. The van der Waals surface area contributed by atoms with Crippen LogP contribution in [0.1, 0.15) is 27.7 Å². The quantitative estimate of drug-likeness (QED) is 0.114. The fourth-order valence-corrected chi connectivity index (χ4v) is 4.39. The van der Waals surface area contributed by atoms with Gasteiger partial charge in [-0.3, -0.25) is 5.43 Å². The van der Waals surface area contributed by atoms with Crippen molar-refractivity contribution in [2.75, 3.05) is 12.0 Å². The van der Waals surface area contributed by atoms with E-state index in [0.29, 0.717) is 28.8 Å². The van der Waals surface area contributed by atoms with Gasteiger partial charge in [0.2, 0.25) is 5.13 Å². The Morgan fingerprint density at radius 3 is 2.68 bits per heavy atom. The van der Waals surface area contributed by atoms with Crippen LogP contribution < -0.4 is 14.9 Å². The summed E-state index contributed by atoms with van der Waals surface area (Å²) in [7, 11) is 0. The maximum Gasteiger partial charge on any atom is 0.343 e. The fourth-order valence-electron chi connectivity index (χ4n) is 3.20. The Morgan fingerprint density at radius 1 is 1.09 bits per heavy atom. The SMILES string of the molecule is CCOc1cc(/C=N\Nc2nc(-c3ccccc3)c(C)s2)ccc1OC(=O)c1cccc(Br)c1. The van der Waals surface area contributed by atoms with Crippen molar-refractivity contribution in [2.45, 2.75) is 13.8 Å². The second-order valence-corrected chi connectivity index (χ2v) is 9.32. The van der Waals surface area contributed by atoms with Gasteiger partial charge in [0.25, 0.3) is 0 Å². The van der Waals surface area contributed by atoms with Crippen molar-refractivity contribution in [1.82, 2.24) is 4.98 Å². The Labute approximate surface area is 210 Å². The maximum absolute atomic E-state index is 12.5. The van der Waals surface area contributed by atoms with Crippen molar-refractivity contribution in [3.8, 4) is 22.8 Å². The van der Waals surface area contributed by atoms with Gasteiger partial charge < -0.3 is 9.47 Å². The number of hydrogen-bond donors (Lipinski definition) is 1. The van der Waals surface area contributed by atoms with Crippen LogP contribution >= 0.6 is 27.3 Å². The summed E-state index contributed by atoms with van der Waals surface area (Å²) in [5, 5.41) is 5.02. The summed E-state index contributed by atoms with van der Waals surface area (Å²) in [5.41, 5.74) is 6.24. The van der Waals surface area contributed by atoms with E-state index in [1.165, 1.54) is 0 Å². The maximum atomic E-state index is 12.5. The molecule has 0 aliphatic heterocycles.